The van der Waals surface area contributed by atoms with Gasteiger partial charge in [-0.25, -0.2) is 0 Å². The number of rotatable bonds is 3. The van der Waals surface area contributed by atoms with Gasteiger partial charge < -0.3 is 4.43 Å². The van der Waals surface area contributed by atoms with Gasteiger partial charge in [0, 0.05) is 0 Å². The molecule has 0 saturated carbocycles. The van der Waals surface area contributed by atoms with Gasteiger partial charge in [0.1, 0.15) is 0 Å². The maximum atomic E-state index is 13.0. The Morgan fingerprint density at radius 3 is 2.06 bits per heavy atom. The molecule has 0 aliphatic heterocycles. The molecule has 1 aromatic rings. The lowest BCUT2D eigenvalue weighted by molar-refractivity contribution is -0.200. The van der Waals surface area contributed by atoms with Crippen LogP contribution in [0.4, 0.5) is 13.2 Å². The third kappa shape index (κ3) is 4.46. The van der Waals surface area contributed by atoms with Gasteiger partial charge in [-0.05, 0) is 37.3 Å². The Morgan fingerprint density at radius 2 is 1.67 bits per heavy atom. The quantitative estimate of drug-likeness (QED) is 0.674. The van der Waals surface area contributed by atoms with E-state index in [2.05, 4.69) is 0 Å². The summed E-state index contributed by atoms with van der Waals surface area (Å²) >= 11 is 11.4. The van der Waals surface area contributed by atoms with Gasteiger partial charge in [-0.3, -0.25) is 0 Å². The van der Waals surface area contributed by atoms with Crippen molar-refractivity contribution >= 4 is 31.5 Å². The first-order valence-corrected chi connectivity index (χ1v) is 9.36. The van der Waals surface area contributed by atoms with E-state index in [-0.39, 0.29) is 15.6 Å². The van der Waals surface area contributed by atoms with E-state index in [0.29, 0.717) is 0 Å². The molecule has 0 saturated heterocycles. The summed E-state index contributed by atoms with van der Waals surface area (Å²) in [5.41, 5.74) is -0.0284. The van der Waals surface area contributed by atoms with Crippen LogP contribution in [0.2, 0.25) is 29.7 Å². The zero-order valence-electron chi connectivity index (χ0n) is 10.1. The summed E-state index contributed by atoms with van der Waals surface area (Å²) in [5, 5.41) is 0.303. The monoisotopic (exact) mass is 316 g/mol. The van der Waals surface area contributed by atoms with Crippen LogP contribution in [0, 0.1) is 0 Å². The first-order valence-electron chi connectivity index (χ1n) is 5.20. The molecule has 0 aliphatic rings. The number of alkyl halides is 3. The van der Waals surface area contributed by atoms with E-state index in [0.717, 1.165) is 0 Å². The summed E-state index contributed by atoms with van der Waals surface area (Å²) in [7, 11) is -2.34. The van der Waals surface area contributed by atoms with E-state index in [9.17, 15) is 13.2 Å². The van der Waals surface area contributed by atoms with Crippen molar-refractivity contribution in [1.82, 2.24) is 0 Å². The van der Waals surface area contributed by atoms with Crippen LogP contribution >= 0.6 is 23.2 Å². The van der Waals surface area contributed by atoms with Crippen LogP contribution < -0.4 is 0 Å². The summed E-state index contributed by atoms with van der Waals surface area (Å²) in [5.74, 6) is 0. The molecule has 0 aliphatic carbocycles. The van der Waals surface area contributed by atoms with Crippen molar-refractivity contribution < 1.29 is 17.6 Å². The molecule has 0 N–H and O–H groups in total. The van der Waals surface area contributed by atoms with E-state index in [4.69, 9.17) is 27.6 Å². The number of hydrogen-bond acceptors (Lipinski definition) is 1. The number of benzene rings is 1. The van der Waals surface area contributed by atoms with Gasteiger partial charge in [-0.2, -0.15) is 13.2 Å². The molecule has 1 nitrogen and oxygen atoms in total. The minimum absolute atomic E-state index is 0.0284. The van der Waals surface area contributed by atoms with Crippen molar-refractivity contribution in [2.45, 2.75) is 31.9 Å². The normalized spacial score (nSPS) is 14.7. The Hall–Kier alpha value is -0.233. The summed E-state index contributed by atoms with van der Waals surface area (Å²) < 4.78 is 44.2. The van der Waals surface area contributed by atoms with Crippen molar-refractivity contribution in [3.8, 4) is 0 Å². The largest absolute Gasteiger partial charge is 0.417 e. The van der Waals surface area contributed by atoms with E-state index in [1.165, 1.54) is 18.2 Å². The Balaban J connectivity index is 3.14. The van der Waals surface area contributed by atoms with Crippen molar-refractivity contribution in [3.63, 3.8) is 0 Å². The van der Waals surface area contributed by atoms with Gasteiger partial charge >= 0.3 is 6.18 Å². The van der Waals surface area contributed by atoms with Crippen LogP contribution in [0.1, 0.15) is 11.7 Å². The zero-order chi connectivity index (χ0) is 14.1. The standard InChI is InChI=1S/C11H13Cl2F3OSi/c1-18(2,3)17-10(11(14,15)16)7-4-5-8(12)9(13)6-7/h4-6,10H,1-3H3. The molecule has 1 rings (SSSR count). The first kappa shape index (κ1) is 15.8. The Labute approximate surface area is 115 Å². The maximum Gasteiger partial charge on any atom is 0.417 e. The van der Waals surface area contributed by atoms with Crippen LogP contribution in [-0.2, 0) is 4.43 Å². The van der Waals surface area contributed by atoms with Gasteiger partial charge in [0.15, 0.2) is 14.4 Å². The third-order valence-electron chi connectivity index (χ3n) is 2.02. The summed E-state index contributed by atoms with van der Waals surface area (Å²) in [4.78, 5) is 0. The minimum atomic E-state index is -4.47. The lowest BCUT2D eigenvalue weighted by atomic mass is 10.1. The fraction of sp³-hybridized carbons (Fsp3) is 0.455. The van der Waals surface area contributed by atoms with Crippen molar-refractivity contribution in [3.05, 3.63) is 33.8 Å². The average molecular weight is 317 g/mol. The predicted molar refractivity (Wildman–Crippen MR) is 69.7 cm³/mol. The van der Waals surface area contributed by atoms with Gasteiger partial charge in [-0.15, -0.1) is 0 Å². The second-order valence-electron chi connectivity index (χ2n) is 4.83. The molecule has 0 heterocycles. The summed E-state index contributed by atoms with van der Waals surface area (Å²) in [6.45, 7) is 5.09. The van der Waals surface area contributed by atoms with E-state index >= 15 is 0 Å². The zero-order valence-corrected chi connectivity index (χ0v) is 12.6. The van der Waals surface area contributed by atoms with Crippen molar-refractivity contribution in [2.75, 3.05) is 0 Å². The molecule has 0 fully saturated rings. The topological polar surface area (TPSA) is 9.23 Å². The van der Waals surface area contributed by atoms with E-state index in [1.54, 1.807) is 19.6 Å². The fourth-order valence-electron chi connectivity index (χ4n) is 1.35. The molecular formula is C11H13Cl2F3OSi. The lowest BCUT2D eigenvalue weighted by Gasteiger charge is -2.28. The Bertz CT molecular complexity index is 429. The molecule has 1 unspecified atom stereocenters. The number of hydrogen-bond donors (Lipinski definition) is 0. The molecular weight excluding hydrogens is 304 g/mol. The molecule has 0 aromatic heterocycles. The Kier molecular flexibility index (Phi) is 4.75. The molecule has 1 atom stereocenters. The van der Waals surface area contributed by atoms with Crippen LogP contribution in [0.25, 0.3) is 0 Å². The second-order valence-corrected chi connectivity index (χ2v) is 10.1. The first-order chi connectivity index (χ1) is 8.00. The van der Waals surface area contributed by atoms with Crippen molar-refractivity contribution in [1.29, 1.82) is 0 Å². The highest BCUT2D eigenvalue weighted by molar-refractivity contribution is 6.69. The van der Waals surface area contributed by atoms with Gasteiger partial charge in [-0.1, -0.05) is 29.3 Å². The molecule has 1 aromatic carbocycles. The van der Waals surface area contributed by atoms with Crippen LogP contribution in [0.15, 0.2) is 18.2 Å². The van der Waals surface area contributed by atoms with Gasteiger partial charge in [0.25, 0.3) is 0 Å². The molecule has 0 spiro atoms. The Morgan fingerprint density at radius 1 is 1.11 bits per heavy atom. The highest BCUT2D eigenvalue weighted by Crippen LogP contribution is 2.39. The van der Waals surface area contributed by atoms with Crippen LogP contribution in [0.3, 0.4) is 0 Å². The van der Waals surface area contributed by atoms with E-state index in [1.807, 2.05) is 0 Å². The van der Waals surface area contributed by atoms with E-state index < -0.39 is 20.6 Å². The third-order valence-corrected chi connectivity index (χ3v) is 3.70. The maximum absolute atomic E-state index is 13.0. The average Bonchev–Trinajstić information content (AvgIpc) is 2.16. The molecule has 102 valence electrons. The summed E-state index contributed by atoms with van der Waals surface area (Å²) in [6, 6.07) is 3.82. The van der Waals surface area contributed by atoms with Crippen molar-refractivity contribution in [2.24, 2.45) is 0 Å². The highest BCUT2D eigenvalue weighted by Gasteiger charge is 2.44. The lowest BCUT2D eigenvalue weighted by Crippen LogP contribution is -2.35. The SMILES string of the molecule is C[Si](C)(C)OC(c1ccc(Cl)c(Cl)c1)C(F)(F)F. The predicted octanol–water partition coefficient (Wildman–Crippen LogP) is 5.45. The fourth-order valence-corrected chi connectivity index (χ4v) is 2.64. The highest BCUT2D eigenvalue weighted by atomic mass is 35.5. The summed E-state index contributed by atoms with van der Waals surface area (Å²) in [6.07, 6.45) is -6.43. The smallest absolute Gasteiger partial charge is 0.403 e. The van der Waals surface area contributed by atoms with Crippen LogP contribution in [0.5, 0.6) is 0 Å². The molecule has 18 heavy (non-hydrogen) atoms. The molecule has 7 heteroatoms. The van der Waals surface area contributed by atoms with Crippen LogP contribution in [-0.4, -0.2) is 14.5 Å². The molecule has 0 amide bonds. The molecule has 0 bridgehead atoms. The number of halogens is 5. The van der Waals surface area contributed by atoms with Gasteiger partial charge in [0.05, 0.1) is 10.0 Å². The molecule has 0 radical (unpaired) electrons. The minimum Gasteiger partial charge on any atom is -0.403 e. The second kappa shape index (κ2) is 5.41. The van der Waals surface area contributed by atoms with Gasteiger partial charge in [0.2, 0.25) is 0 Å².